The number of ether oxygens (including phenoxy) is 1. The Kier molecular flexibility index (Phi) is 2.37. The SMILES string of the molecule is O=C1/C(=N\O)CCOc2c(F)cccc21. The van der Waals surface area contributed by atoms with Gasteiger partial charge < -0.3 is 9.94 Å². The van der Waals surface area contributed by atoms with Gasteiger partial charge in [0.05, 0.1) is 12.2 Å². The van der Waals surface area contributed by atoms with Crippen LogP contribution in [0.1, 0.15) is 16.8 Å². The van der Waals surface area contributed by atoms with E-state index < -0.39 is 11.6 Å². The summed E-state index contributed by atoms with van der Waals surface area (Å²) in [7, 11) is 0. The molecule has 0 unspecified atom stereocenters. The zero-order valence-electron chi connectivity index (χ0n) is 7.74. The zero-order chi connectivity index (χ0) is 10.8. The molecule has 0 bridgehead atoms. The third kappa shape index (κ3) is 1.56. The Morgan fingerprint density at radius 2 is 2.27 bits per heavy atom. The van der Waals surface area contributed by atoms with Crippen molar-refractivity contribution >= 4 is 11.5 Å². The maximum atomic E-state index is 13.3. The number of oxime groups is 1. The summed E-state index contributed by atoms with van der Waals surface area (Å²) in [5, 5.41) is 11.5. The van der Waals surface area contributed by atoms with E-state index in [1.165, 1.54) is 18.2 Å². The van der Waals surface area contributed by atoms with Crippen molar-refractivity contribution in [2.24, 2.45) is 5.16 Å². The number of para-hydroxylation sites is 1. The molecule has 4 nitrogen and oxygen atoms in total. The molecule has 0 radical (unpaired) electrons. The van der Waals surface area contributed by atoms with Gasteiger partial charge in [-0.2, -0.15) is 0 Å². The van der Waals surface area contributed by atoms with Crippen LogP contribution in [-0.2, 0) is 0 Å². The second kappa shape index (κ2) is 3.68. The molecule has 0 fully saturated rings. The number of fused-ring (bicyclic) bond motifs is 1. The number of Topliss-reactive ketones (excluding diaryl/α,β-unsaturated/α-hetero) is 1. The lowest BCUT2D eigenvalue weighted by Crippen LogP contribution is -2.13. The maximum Gasteiger partial charge on any atom is 0.214 e. The van der Waals surface area contributed by atoms with E-state index in [1.807, 2.05) is 0 Å². The Balaban J connectivity index is 2.57. The Hall–Kier alpha value is -1.91. The van der Waals surface area contributed by atoms with Crippen molar-refractivity contribution < 1.29 is 19.1 Å². The van der Waals surface area contributed by atoms with Gasteiger partial charge in [0.2, 0.25) is 5.78 Å². The van der Waals surface area contributed by atoms with Crippen LogP contribution in [-0.4, -0.2) is 23.3 Å². The number of rotatable bonds is 0. The second-order valence-electron chi connectivity index (χ2n) is 3.09. The number of nitrogens with zero attached hydrogens (tertiary/aromatic N) is 1. The summed E-state index contributed by atoms with van der Waals surface area (Å²) in [6.45, 7) is 0.124. The van der Waals surface area contributed by atoms with Crippen molar-refractivity contribution in [2.45, 2.75) is 6.42 Å². The largest absolute Gasteiger partial charge is 0.489 e. The molecule has 78 valence electrons. The van der Waals surface area contributed by atoms with E-state index in [0.717, 1.165) is 0 Å². The lowest BCUT2D eigenvalue weighted by Gasteiger charge is -2.05. The molecule has 15 heavy (non-hydrogen) atoms. The van der Waals surface area contributed by atoms with E-state index in [2.05, 4.69) is 5.16 Å². The number of halogens is 1. The van der Waals surface area contributed by atoms with Gasteiger partial charge in [-0.15, -0.1) is 0 Å². The van der Waals surface area contributed by atoms with Crippen molar-refractivity contribution in [1.82, 2.24) is 0 Å². The molecule has 1 aliphatic heterocycles. The van der Waals surface area contributed by atoms with Gasteiger partial charge in [0.25, 0.3) is 0 Å². The molecule has 1 aliphatic rings. The van der Waals surface area contributed by atoms with Crippen molar-refractivity contribution in [1.29, 1.82) is 0 Å². The average molecular weight is 209 g/mol. The molecular formula is C10H8FNO3. The van der Waals surface area contributed by atoms with Crippen molar-refractivity contribution in [3.63, 3.8) is 0 Å². The van der Waals surface area contributed by atoms with E-state index in [9.17, 15) is 9.18 Å². The van der Waals surface area contributed by atoms with Crippen molar-refractivity contribution in [3.05, 3.63) is 29.6 Å². The number of hydrogen-bond acceptors (Lipinski definition) is 4. The highest BCUT2D eigenvalue weighted by Crippen LogP contribution is 2.26. The molecule has 0 aliphatic carbocycles. The third-order valence-corrected chi connectivity index (χ3v) is 2.18. The molecule has 1 aromatic rings. The zero-order valence-corrected chi connectivity index (χ0v) is 7.74. The standard InChI is InChI=1S/C10H8FNO3/c11-7-3-1-2-6-9(13)8(12-14)4-5-15-10(6)7/h1-3,14H,4-5H2/b12-8-. The topological polar surface area (TPSA) is 58.9 Å². The number of carbonyl (C=O) groups excluding carboxylic acids is 1. The van der Waals surface area contributed by atoms with Crippen LogP contribution in [0.4, 0.5) is 4.39 Å². The van der Waals surface area contributed by atoms with Crippen LogP contribution in [0.15, 0.2) is 23.4 Å². The maximum absolute atomic E-state index is 13.3. The summed E-state index contributed by atoms with van der Waals surface area (Å²) >= 11 is 0. The first-order valence-electron chi connectivity index (χ1n) is 4.41. The molecule has 0 atom stereocenters. The number of benzene rings is 1. The molecule has 5 heteroatoms. The highest BCUT2D eigenvalue weighted by molar-refractivity contribution is 6.46. The smallest absolute Gasteiger partial charge is 0.214 e. The summed E-state index contributed by atoms with van der Waals surface area (Å²) in [6, 6.07) is 4.07. The Morgan fingerprint density at radius 3 is 3.00 bits per heavy atom. The fraction of sp³-hybridized carbons (Fsp3) is 0.200. The first-order valence-corrected chi connectivity index (χ1v) is 4.41. The van der Waals surface area contributed by atoms with Gasteiger partial charge in [-0.3, -0.25) is 4.79 Å². The minimum Gasteiger partial charge on any atom is -0.489 e. The first-order chi connectivity index (χ1) is 7.24. The van der Waals surface area contributed by atoms with Gasteiger partial charge in [-0.05, 0) is 12.1 Å². The summed E-state index contributed by atoms with van der Waals surface area (Å²) in [6.07, 6.45) is 0.170. The van der Waals surface area contributed by atoms with Crippen LogP contribution >= 0.6 is 0 Å². The molecule has 0 amide bonds. The molecular weight excluding hydrogens is 201 g/mol. The first kappa shape index (κ1) is 9.64. The average Bonchev–Trinajstić information content (AvgIpc) is 2.40. The molecule has 1 heterocycles. The van der Waals surface area contributed by atoms with Crippen molar-refractivity contribution in [3.8, 4) is 5.75 Å². The Labute approximate surface area is 85.0 Å². The number of hydrogen-bond donors (Lipinski definition) is 1. The van der Waals surface area contributed by atoms with Gasteiger partial charge in [-0.1, -0.05) is 11.2 Å². The van der Waals surface area contributed by atoms with E-state index in [4.69, 9.17) is 9.94 Å². The minimum absolute atomic E-state index is 0.0145. The lowest BCUT2D eigenvalue weighted by atomic mass is 10.1. The van der Waals surface area contributed by atoms with Crippen LogP contribution in [0.3, 0.4) is 0 Å². The minimum atomic E-state index is -0.583. The number of ketones is 1. The van der Waals surface area contributed by atoms with Crippen LogP contribution in [0.5, 0.6) is 5.75 Å². The third-order valence-electron chi connectivity index (χ3n) is 2.18. The fourth-order valence-electron chi connectivity index (χ4n) is 1.45. The number of carbonyl (C=O) groups is 1. The molecule has 0 saturated carbocycles. The highest BCUT2D eigenvalue weighted by atomic mass is 19.1. The second-order valence-corrected chi connectivity index (χ2v) is 3.09. The molecule has 0 saturated heterocycles. The van der Waals surface area contributed by atoms with E-state index in [1.54, 1.807) is 0 Å². The normalized spacial score (nSPS) is 18.2. The van der Waals surface area contributed by atoms with Crippen LogP contribution < -0.4 is 4.74 Å². The molecule has 0 spiro atoms. The predicted octanol–water partition coefficient (Wildman–Crippen LogP) is 1.62. The van der Waals surface area contributed by atoms with Crippen LogP contribution in [0.2, 0.25) is 0 Å². The highest BCUT2D eigenvalue weighted by Gasteiger charge is 2.24. The van der Waals surface area contributed by atoms with Gasteiger partial charge in [-0.25, -0.2) is 4.39 Å². The van der Waals surface area contributed by atoms with E-state index in [-0.39, 0.29) is 30.1 Å². The molecule has 1 N–H and O–H groups in total. The quantitative estimate of drug-likeness (QED) is 0.521. The van der Waals surface area contributed by atoms with Gasteiger partial charge in [0.15, 0.2) is 11.6 Å². The molecule has 0 aromatic heterocycles. The molecule has 1 aromatic carbocycles. The summed E-state index contributed by atoms with van der Waals surface area (Å²) in [4.78, 5) is 11.7. The predicted molar refractivity (Wildman–Crippen MR) is 50.1 cm³/mol. The fourth-order valence-corrected chi connectivity index (χ4v) is 1.45. The van der Waals surface area contributed by atoms with E-state index >= 15 is 0 Å². The van der Waals surface area contributed by atoms with Gasteiger partial charge >= 0.3 is 0 Å². The van der Waals surface area contributed by atoms with Crippen LogP contribution in [0, 0.1) is 5.82 Å². The van der Waals surface area contributed by atoms with Gasteiger partial charge in [0.1, 0.15) is 5.71 Å². The lowest BCUT2D eigenvalue weighted by molar-refractivity contribution is 0.106. The molecule has 2 rings (SSSR count). The van der Waals surface area contributed by atoms with Gasteiger partial charge in [0, 0.05) is 6.42 Å². The summed E-state index contributed by atoms with van der Waals surface area (Å²) < 4.78 is 18.4. The summed E-state index contributed by atoms with van der Waals surface area (Å²) in [5.41, 5.74) is 0.0830. The Bertz CT molecular complexity index is 442. The summed E-state index contributed by atoms with van der Waals surface area (Å²) in [5.74, 6) is -1.15. The van der Waals surface area contributed by atoms with E-state index in [0.29, 0.717) is 0 Å². The Morgan fingerprint density at radius 1 is 1.47 bits per heavy atom. The van der Waals surface area contributed by atoms with Crippen LogP contribution in [0.25, 0.3) is 0 Å². The monoisotopic (exact) mass is 209 g/mol. The van der Waals surface area contributed by atoms with Crippen molar-refractivity contribution in [2.75, 3.05) is 6.61 Å².